The van der Waals surface area contributed by atoms with Gasteiger partial charge in [0.2, 0.25) is 11.7 Å². The molecule has 0 amide bonds. The van der Waals surface area contributed by atoms with Gasteiger partial charge in [0.15, 0.2) is 0 Å². The van der Waals surface area contributed by atoms with Crippen molar-refractivity contribution in [1.29, 1.82) is 0 Å². The lowest BCUT2D eigenvalue weighted by atomic mass is 10.1. The predicted molar refractivity (Wildman–Crippen MR) is 82.5 cm³/mol. The van der Waals surface area contributed by atoms with Gasteiger partial charge in [0.1, 0.15) is 6.04 Å². The number of nitrogens with two attached hydrogens (primary N) is 1. The van der Waals surface area contributed by atoms with E-state index in [-0.39, 0.29) is 6.04 Å². The Kier molecular flexibility index (Phi) is 3.69. The van der Waals surface area contributed by atoms with Crippen LogP contribution in [0, 0.1) is 6.92 Å². The fourth-order valence-electron chi connectivity index (χ4n) is 1.80. The zero-order chi connectivity index (χ0) is 14.1. The van der Waals surface area contributed by atoms with Gasteiger partial charge in [-0.3, -0.25) is 0 Å². The van der Waals surface area contributed by atoms with E-state index in [4.69, 9.17) is 10.3 Å². The van der Waals surface area contributed by atoms with Gasteiger partial charge in [-0.1, -0.05) is 39.3 Å². The van der Waals surface area contributed by atoms with Crippen molar-refractivity contribution in [3.05, 3.63) is 56.5 Å². The summed E-state index contributed by atoms with van der Waals surface area (Å²) in [6.07, 6.45) is 0. The van der Waals surface area contributed by atoms with E-state index in [9.17, 15) is 0 Å². The Labute approximate surface area is 128 Å². The smallest absolute Gasteiger partial charge is 0.249 e. The molecule has 3 aromatic rings. The highest BCUT2D eigenvalue weighted by atomic mass is 79.9. The Morgan fingerprint density at radius 2 is 2.20 bits per heavy atom. The van der Waals surface area contributed by atoms with Crippen LogP contribution in [-0.4, -0.2) is 10.1 Å². The molecule has 0 radical (unpaired) electrons. The summed E-state index contributed by atoms with van der Waals surface area (Å²) in [7, 11) is 0. The number of thiophene rings is 1. The summed E-state index contributed by atoms with van der Waals surface area (Å²) in [5, 5.41) is 5.98. The summed E-state index contributed by atoms with van der Waals surface area (Å²) in [5.74, 6) is 0.979. The molecule has 0 spiro atoms. The molecule has 0 saturated carbocycles. The van der Waals surface area contributed by atoms with Crippen LogP contribution in [0.5, 0.6) is 0 Å². The third kappa shape index (κ3) is 2.54. The minimum atomic E-state index is -0.370. The van der Waals surface area contributed by atoms with Gasteiger partial charge in [-0.25, -0.2) is 0 Å². The number of aryl methyl sites for hydroxylation is 1. The second-order valence-corrected chi connectivity index (χ2v) is 6.25. The number of hydrogen-bond donors (Lipinski definition) is 1. The molecule has 1 atom stereocenters. The lowest BCUT2D eigenvalue weighted by Gasteiger charge is -2.02. The fourth-order valence-corrected chi connectivity index (χ4v) is 2.90. The molecule has 0 saturated heterocycles. The maximum absolute atomic E-state index is 6.11. The summed E-state index contributed by atoms with van der Waals surface area (Å²) in [6.45, 7) is 2.03. The van der Waals surface area contributed by atoms with E-state index < -0.39 is 0 Å². The highest BCUT2D eigenvalue weighted by Gasteiger charge is 2.18. The Balaban J connectivity index is 1.92. The number of rotatable bonds is 3. The van der Waals surface area contributed by atoms with Gasteiger partial charge in [0.05, 0.1) is 0 Å². The van der Waals surface area contributed by atoms with Crippen LogP contribution in [0.4, 0.5) is 0 Å². The molecule has 0 aliphatic heterocycles. The van der Waals surface area contributed by atoms with Crippen molar-refractivity contribution in [2.24, 2.45) is 5.73 Å². The maximum Gasteiger partial charge on any atom is 0.249 e. The first-order chi connectivity index (χ1) is 9.65. The molecule has 0 bridgehead atoms. The van der Waals surface area contributed by atoms with Gasteiger partial charge in [-0.05, 0) is 30.0 Å². The molecule has 2 heterocycles. The monoisotopic (exact) mass is 349 g/mol. The Morgan fingerprint density at radius 1 is 1.35 bits per heavy atom. The Hall–Kier alpha value is -1.50. The largest absolute Gasteiger partial charge is 0.337 e. The van der Waals surface area contributed by atoms with Crippen LogP contribution < -0.4 is 5.73 Å². The van der Waals surface area contributed by atoms with Crippen LogP contribution >= 0.6 is 27.3 Å². The minimum absolute atomic E-state index is 0.370. The first-order valence-corrected chi connectivity index (χ1v) is 7.71. The molecule has 0 aliphatic rings. The van der Waals surface area contributed by atoms with Crippen LogP contribution in [-0.2, 0) is 0 Å². The average molecular weight is 350 g/mol. The number of benzene rings is 1. The minimum Gasteiger partial charge on any atom is -0.337 e. The summed E-state index contributed by atoms with van der Waals surface area (Å²) >= 11 is 5.08. The van der Waals surface area contributed by atoms with Crippen molar-refractivity contribution < 1.29 is 4.52 Å². The van der Waals surface area contributed by atoms with E-state index >= 15 is 0 Å². The molecule has 0 aliphatic carbocycles. The third-order valence-corrected chi connectivity index (χ3v) is 4.80. The molecule has 4 nitrogen and oxygen atoms in total. The van der Waals surface area contributed by atoms with Gasteiger partial charge in [0, 0.05) is 14.9 Å². The van der Waals surface area contributed by atoms with Crippen molar-refractivity contribution in [3.8, 4) is 11.4 Å². The molecular weight excluding hydrogens is 338 g/mol. The molecule has 3 rings (SSSR count). The SMILES string of the molecule is Cc1ccc(-c2noc(C(N)c3cccs3)n2)cc1Br. The number of halogens is 1. The number of aromatic nitrogens is 2. The average Bonchev–Trinajstić information content (AvgIpc) is 3.11. The van der Waals surface area contributed by atoms with Gasteiger partial charge >= 0.3 is 0 Å². The molecule has 6 heteroatoms. The van der Waals surface area contributed by atoms with Crippen LogP contribution in [0.25, 0.3) is 11.4 Å². The van der Waals surface area contributed by atoms with Crippen molar-refractivity contribution >= 4 is 27.3 Å². The summed E-state index contributed by atoms with van der Waals surface area (Å²) < 4.78 is 6.30. The Bertz CT molecular complexity index is 724. The highest BCUT2D eigenvalue weighted by molar-refractivity contribution is 9.10. The summed E-state index contributed by atoms with van der Waals surface area (Å²) in [4.78, 5) is 5.40. The van der Waals surface area contributed by atoms with E-state index in [2.05, 4.69) is 26.1 Å². The molecule has 0 fully saturated rings. The molecule has 1 aromatic carbocycles. The lowest BCUT2D eigenvalue weighted by Crippen LogP contribution is -2.10. The van der Waals surface area contributed by atoms with E-state index in [0.717, 1.165) is 20.5 Å². The summed E-state index contributed by atoms with van der Waals surface area (Å²) in [5.41, 5.74) is 8.17. The second kappa shape index (κ2) is 5.47. The molecule has 2 N–H and O–H groups in total. The maximum atomic E-state index is 6.11. The van der Waals surface area contributed by atoms with Crippen LogP contribution in [0.3, 0.4) is 0 Å². The second-order valence-electron chi connectivity index (χ2n) is 4.41. The van der Waals surface area contributed by atoms with E-state index in [1.165, 1.54) is 0 Å². The van der Waals surface area contributed by atoms with E-state index in [1.807, 2.05) is 42.6 Å². The number of hydrogen-bond acceptors (Lipinski definition) is 5. The molecule has 20 heavy (non-hydrogen) atoms. The Morgan fingerprint density at radius 3 is 2.90 bits per heavy atom. The first-order valence-electron chi connectivity index (χ1n) is 6.04. The standard InChI is InChI=1S/C14H12BrN3OS/c1-8-4-5-9(7-10(8)15)13-17-14(19-18-13)12(16)11-3-2-6-20-11/h2-7,12H,16H2,1H3. The predicted octanol–water partition coefficient (Wildman–Crippen LogP) is 3.92. The van der Waals surface area contributed by atoms with E-state index in [0.29, 0.717) is 11.7 Å². The molecule has 1 unspecified atom stereocenters. The number of nitrogens with zero attached hydrogens (tertiary/aromatic N) is 2. The first kappa shape index (κ1) is 13.5. The third-order valence-electron chi connectivity index (χ3n) is 2.99. The van der Waals surface area contributed by atoms with Gasteiger partial charge in [-0.2, -0.15) is 4.98 Å². The van der Waals surface area contributed by atoms with Gasteiger partial charge < -0.3 is 10.3 Å². The van der Waals surface area contributed by atoms with Crippen molar-refractivity contribution in [2.45, 2.75) is 13.0 Å². The molecular formula is C14H12BrN3OS. The zero-order valence-electron chi connectivity index (χ0n) is 10.7. The van der Waals surface area contributed by atoms with Crippen molar-refractivity contribution in [2.75, 3.05) is 0 Å². The van der Waals surface area contributed by atoms with Gasteiger partial charge in [-0.15, -0.1) is 11.3 Å². The van der Waals surface area contributed by atoms with Gasteiger partial charge in [0.25, 0.3) is 0 Å². The molecule has 102 valence electrons. The highest BCUT2D eigenvalue weighted by Crippen LogP contribution is 2.27. The normalized spacial score (nSPS) is 12.6. The topological polar surface area (TPSA) is 64.9 Å². The quantitative estimate of drug-likeness (QED) is 0.778. The fraction of sp³-hybridized carbons (Fsp3) is 0.143. The van der Waals surface area contributed by atoms with Crippen LogP contribution in [0.2, 0.25) is 0 Å². The van der Waals surface area contributed by atoms with Crippen molar-refractivity contribution in [1.82, 2.24) is 10.1 Å². The van der Waals surface area contributed by atoms with Crippen LogP contribution in [0.1, 0.15) is 22.4 Å². The molecule has 2 aromatic heterocycles. The summed E-state index contributed by atoms with van der Waals surface area (Å²) in [6, 6.07) is 9.49. The van der Waals surface area contributed by atoms with Crippen molar-refractivity contribution in [3.63, 3.8) is 0 Å². The zero-order valence-corrected chi connectivity index (χ0v) is 13.1. The van der Waals surface area contributed by atoms with E-state index in [1.54, 1.807) is 11.3 Å². The lowest BCUT2D eigenvalue weighted by molar-refractivity contribution is 0.368. The van der Waals surface area contributed by atoms with Crippen LogP contribution in [0.15, 0.2) is 44.7 Å².